The lowest BCUT2D eigenvalue weighted by Gasteiger charge is -1.75. The van der Waals surface area contributed by atoms with Crippen molar-refractivity contribution < 1.29 is 0 Å². The highest BCUT2D eigenvalue weighted by Crippen LogP contribution is 2.04. The van der Waals surface area contributed by atoms with E-state index in [4.69, 9.17) is 0 Å². The molecule has 1 rings (SSSR count). The Morgan fingerprint density at radius 1 is 1.88 bits per heavy atom. The van der Waals surface area contributed by atoms with Gasteiger partial charge in [0.2, 0.25) is 0 Å². The number of nitroso groups, excluding NO2 is 1. The van der Waals surface area contributed by atoms with Gasteiger partial charge in [0.1, 0.15) is 5.70 Å². The average Bonchev–Trinajstić information content (AvgIpc) is 2.14. The second kappa shape index (κ2) is 1.86. The Balaban J connectivity index is 2.69. The molecular formula is C5H6N2O. The van der Waals surface area contributed by atoms with E-state index in [-0.39, 0.29) is 0 Å². The predicted molar refractivity (Wildman–Crippen MR) is 31.9 cm³/mol. The van der Waals surface area contributed by atoms with Crippen LogP contribution in [0.3, 0.4) is 0 Å². The molecule has 1 aliphatic heterocycles. The minimum atomic E-state index is 0.468. The smallest absolute Gasteiger partial charge is 0.108 e. The molecule has 0 unspecified atom stereocenters. The third-order valence-corrected chi connectivity index (χ3v) is 0.983. The van der Waals surface area contributed by atoms with E-state index in [0.717, 1.165) is 5.71 Å². The van der Waals surface area contributed by atoms with Crippen LogP contribution >= 0.6 is 0 Å². The molecule has 0 saturated heterocycles. The molecule has 0 fully saturated rings. The standard InChI is InChI=1S/C5H6N2O/c1-4-2-5(7-8)3-6-4/h2H,3H2,1H3. The van der Waals surface area contributed by atoms with Gasteiger partial charge in [0.05, 0.1) is 6.54 Å². The topological polar surface area (TPSA) is 41.8 Å². The van der Waals surface area contributed by atoms with Crippen molar-refractivity contribution in [1.82, 2.24) is 0 Å². The fourth-order valence-corrected chi connectivity index (χ4v) is 0.593. The highest BCUT2D eigenvalue weighted by molar-refractivity contribution is 5.95. The van der Waals surface area contributed by atoms with Crippen molar-refractivity contribution in [3.63, 3.8) is 0 Å². The molecular weight excluding hydrogens is 104 g/mol. The molecule has 0 bridgehead atoms. The number of rotatable bonds is 1. The molecule has 8 heavy (non-hydrogen) atoms. The summed E-state index contributed by atoms with van der Waals surface area (Å²) < 4.78 is 0. The fraction of sp³-hybridized carbons (Fsp3) is 0.400. The zero-order valence-electron chi connectivity index (χ0n) is 4.59. The van der Waals surface area contributed by atoms with Crippen LogP contribution in [0.25, 0.3) is 0 Å². The predicted octanol–water partition coefficient (Wildman–Crippen LogP) is 1.11. The lowest BCUT2D eigenvalue weighted by atomic mass is 10.4. The quantitative estimate of drug-likeness (QED) is 0.466. The molecule has 0 amide bonds. The molecule has 0 N–H and O–H groups in total. The largest absolute Gasteiger partial charge is 0.283 e. The molecule has 42 valence electrons. The van der Waals surface area contributed by atoms with Crippen molar-refractivity contribution >= 4 is 5.71 Å². The van der Waals surface area contributed by atoms with Gasteiger partial charge in [-0.1, -0.05) is 0 Å². The Labute approximate surface area is 47.1 Å². The number of aliphatic imine (C=N–C) groups is 1. The molecule has 0 spiro atoms. The highest BCUT2D eigenvalue weighted by Gasteiger charge is 2.02. The van der Waals surface area contributed by atoms with Gasteiger partial charge in [-0.25, -0.2) is 0 Å². The summed E-state index contributed by atoms with van der Waals surface area (Å²) in [5, 5.41) is 2.73. The molecule has 0 saturated carbocycles. The Bertz CT molecular complexity index is 169. The van der Waals surface area contributed by atoms with Gasteiger partial charge >= 0.3 is 0 Å². The lowest BCUT2D eigenvalue weighted by Crippen LogP contribution is -1.74. The maximum Gasteiger partial charge on any atom is 0.108 e. The van der Waals surface area contributed by atoms with Crippen molar-refractivity contribution in [2.45, 2.75) is 6.92 Å². The van der Waals surface area contributed by atoms with Crippen LogP contribution in [0.15, 0.2) is 21.9 Å². The maximum atomic E-state index is 9.76. The summed E-state index contributed by atoms with van der Waals surface area (Å²) in [6.07, 6.45) is 1.69. The Morgan fingerprint density at radius 2 is 2.62 bits per heavy atom. The van der Waals surface area contributed by atoms with Crippen LogP contribution in [0.4, 0.5) is 0 Å². The van der Waals surface area contributed by atoms with E-state index in [9.17, 15) is 4.91 Å². The van der Waals surface area contributed by atoms with Crippen LogP contribution < -0.4 is 0 Å². The van der Waals surface area contributed by atoms with E-state index in [1.807, 2.05) is 6.92 Å². The zero-order chi connectivity index (χ0) is 5.98. The van der Waals surface area contributed by atoms with Gasteiger partial charge in [0, 0.05) is 5.71 Å². The first-order chi connectivity index (χ1) is 3.83. The summed E-state index contributed by atoms with van der Waals surface area (Å²) in [4.78, 5) is 13.7. The Hall–Kier alpha value is -0.990. The van der Waals surface area contributed by atoms with E-state index in [0.29, 0.717) is 12.2 Å². The Kier molecular flexibility index (Phi) is 1.20. The summed E-state index contributed by atoms with van der Waals surface area (Å²) in [6.45, 7) is 2.31. The summed E-state index contributed by atoms with van der Waals surface area (Å²) in [6, 6.07) is 0. The molecule has 0 aromatic rings. The highest BCUT2D eigenvalue weighted by atomic mass is 16.3. The number of nitrogens with zero attached hydrogens (tertiary/aromatic N) is 2. The number of hydrogen-bond acceptors (Lipinski definition) is 3. The van der Waals surface area contributed by atoms with Crippen molar-refractivity contribution in [1.29, 1.82) is 0 Å². The summed E-state index contributed by atoms with van der Waals surface area (Å²) >= 11 is 0. The first kappa shape index (κ1) is 5.15. The molecule has 3 nitrogen and oxygen atoms in total. The average molecular weight is 110 g/mol. The van der Waals surface area contributed by atoms with Crippen molar-refractivity contribution in [3.8, 4) is 0 Å². The third kappa shape index (κ3) is 0.804. The van der Waals surface area contributed by atoms with Gasteiger partial charge in [-0.15, -0.1) is 4.91 Å². The van der Waals surface area contributed by atoms with Crippen LogP contribution in [0.1, 0.15) is 6.92 Å². The first-order valence-corrected chi connectivity index (χ1v) is 2.38. The van der Waals surface area contributed by atoms with Crippen molar-refractivity contribution in [3.05, 3.63) is 16.7 Å². The Morgan fingerprint density at radius 3 is 2.88 bits per heavy atom. The molecule has 0 radical (unpaired) electrons. The van der Waals surface area contributed by atoms with Gasteiger partial charge < -0.3 is 0 Å². The van der Waals surface area contributed by atoms with Gasteiger partial charge in [0.25, 0.3) is 0 Å². The van der Waals surface area contributed by atoms with E-state index < -0.39 is 0 Å². The maximum absolute atomic E-state index is 9.76. The molecule has 1 heterocycles. The van der Waals surface area contributed by atoms with Crippen molar-refractivity contribution in [2.24, 2.45) is 10.2 Å². The van der Waals surface area contributed by atoms with E-state index in [1.165, 1.54) is 0 Å². The summed E-state index contributed by atoms with van der Waals surface area (Å²) in [5.74, 6) is 0. The molecule has 0 aromatic heterocycles. The number of hydrogen-bond donors (Lipinski definition) is 0. The SMILES string of the molecule is CC1=NCC(N=O)=C1. The van der Waals surface area contributed by atoms with E-state index in [2.05, 4.69) is 10.2 Å². The van der Waals surface area contributed by atoms with Crippen LogP contribution in [-0.2, 0) is 0 Å². The first-order valence-electron chi connectivity index (χ1n) is 2.38. The van der Waals surface area contributed by atoms with Gasteiger partial charge in [-0.3, -0.25) is 4.99 Å². The third-order valence-electron chi connectivity index (χ3n) is 0.983. The van der Waals surface area contributed by atoms with Crippen LogP contribution in [-0.4, -0.2) is 12.3 Å². The second-order valence-corrected chi connectivity index (χ2v) is 1.68. The van der Waals surface area contributed by atoms with Crippen LogP contribution in [0.2, 0.25) is 0 Å². The van der Waals surface area contributed by atoms with Crippen molar-refractivity contribution in [2.75, 3.05) is 6.54 Å². The summed E-state index contributed by atoms with van der Waals surface area (Å²) in [5.41, 5.74) is 1.42. The minimum absolute atomic E-state index is 0.468. The van der Waals surface area contributed by atoms with Gasteiger partial charge in [-0.2, -0.15) is 0 Å². The van der Waals surface area contributed by atoms with Gasteiger partial charge in [0.15, 0.2) is 0 Å². The molecule has 0 atom stereocenters. The van der Waals surface area contributed by atoms with Gasteiger partial charge in [-0.05, 0) is 18.2 Å². The number of allylic oxidation sites excluding steroid dienone is 1. The zero-order valence-corrected chi connectivity index (χ0v) is 4.59. The second-order valence-electron chi connectivity index (χ2n) is 1.68. The van der Waals surface area contributed by atoms with Crippen LogP contribution in [0, 0.1) is 4.91 Å². The molecule has 3 heteroatoms. The summed E-state index contributed by atoms with van der Waals surface area (Å²) in [7, 11) is 0. The van der Waals surface area contributed by atoms with E-state index in [1.54, 1.807) is 6.08 Å². The molecule has 0 aliphatic carbocycles. The molecule has 1 aliphatic rings. The lowest BCUT2D eigenvalue weighted by molar-refractivity contribution is 1.13. The minimum Gasteiger partial charge on any atom is -0.283 e. The molecule has 0 aromatic carbocycles. The normalized spacial score (nSPS) is 17.6. The fourth-order valence-electron chi connectivity index (χ4n) is 0.593. The van der Waals surface area contributed by atoms with E-state index >= 15 is 0 Å². The van der Waals surface area contributed by atoms with Crippen LogP contribution in [0.5, 0.6) is 0 Å². The monoisotopic (exact) mass is 110 g/mol.